The summed E-state index contributed by atoms with van der Waals surface area (Å²) < 4.78 is 23.4. The minimum atomic E-state index is -2.97. The number of amides is 1. The van der Waals surface area contributed by atoms with Crippen LogP contribution in [0.25, 0.3) is 0 Å². The number of benzene rings is 1. The largest absolute Gasteiger partial charge is 0.370 e. The summed E-state index contributed by atoms with van der Waals surface area (Å²) in [5.74, 6) is -0.0108. The minimum absolute atomic E-state index is 0.0887. The summed E-state index contributed by atoms with van der Waals surface area (Å²) in [5, 5.41) is 3.35. The molecular weight excluding hydrogens is 374 g/mol. The highest BCUT2D eigenvalue weighted by atomic mass is 35.5. The number of rotatable bonds is 4. The lowest BCUT2D eigenvalue weighted by Crippen LogP contribution is -2.32. The number of halogens is 1. The average molecular weight is 394 g/mol. The van der Waals surface area contributed by atoms with E-state index in [2.05, 4.69) is 10.3 Å². The van der Waals surface area contributed by atoms with Gasteiger partial charge in [0.25, 0.3) is 5.91 Å². The van der Waals surface area contributed by atoms with Gasteiger partial charge in [0, 0.05) is 35.7 Å². The quantitative estimate of drug-likeness (QED) is 0.863. The molecular formula is C18H20ClN3O3S. The molecule has 1 unspecified atom stereocenters. The number of hydrogen-bond donors (Lipinski definition) is 1. The predicted molar refractivity (Wildman–Crippen MR) is 104 cm³/mol. The Morgan fingerprint density at radius 2 is 2.08 bits per heavy atom. The topological polar surface area (TPSA) is 79.4 Å². The maximum absolute atomic E-state index is 12.5. The zero-order valence-corrected chi connectivity index (χ0v) is 16.1. The molecule has 3 rings (SSSR count). The van der Waals surface area contributed by atoms with Gasteiger partial charge in [-0.15, -0.1) is 0 Å². The lowest BCUT2D eigenvalue weighted by molar-refractivity contribution is 0.102. The summed E-state index contributed by atoms with van der Waals surface area (Å²) in [6.07, 6.45) is 2.14. The molecule has 0 spiro atoms. The highest BCUT2D eigenvalue weighted by molar-refractivity contribution is 7.91. The molecule has 6 nitrogen and oxygen atoms in total. The molecule has 1 amide bonds. The smallest absolute Gasteiger partial charge is 0.274 e. The van der Waals surface area contributed by atoms with Crippen molar-refractivity contribution in [2.45, 2.75) is 19.4 Å². The Morgan fingerprint density at radius 3 is 2.73 bits per heavy atom. The zero-order valence-electron chi connectivity index (χ0n) is 14.6. The van der Waals surface area contributed by atoms with E-state index in [9.17, 15) is 13.2 Å². The molecule has 26 heavy (non-hydrogen) atoms. The highest BCUT2D eigenvalue weighted by Crippen LogP contribution is 2.24. The van der Waals surface area contributed by atoms with Gasteiger partial charge in [0.1, 0.15) is 5.69 Å². The molecule has 1 aromatic heterocycles. The fourth-order valence-corrected chi connectivity index (χ4v) is 4.88. The van der Waals surface area contributed by atoms with Crippen molar-refractivity contribution in [1.29, 1.82) is 0 Å². The first-order valence-electron chi connectivity index (χ1n) is 8.22. The summed E-state index contributed by atoms with van der Waals surface area (Å²) >= 11 is 6.08. The van der Waals surface area contributed by atoms with E-state index in [0.29, 0.717) is 17.1 Å². The normalized spacial score (nSPS) is 18.5. The first-order valence-corrected chi connectivity index (χ1v) is 10.4. The van der Waals surface area contributed by atoms with Gasteiger partial charge in [-0.3, -0.25) is 9.78 Å². The van der Waals surface area contributed by atoms with Crippen molar-refractivity contribution in [3.05, 3.63) is 52.8 Å². The van der Waals surface area contributed by atoms with E-state index < -0.39 is 9.84 Å². The highest BCUT2D eigenvalue weighted by Gasteiger charge is 2.31. The number of aryl methyl sites for hydroxylation is 1. The van der Waals surface area contributed by atoms with Crippen LogP contribution < -0.4 is 10.2 Å². The lowest BCUT2D eigenvalue weighted by Gasteiger charge is -2.25. The molecule has 1 saturated heterocycles. The Morgan fingerprint density at radius 1 is 1.31 bits per heavy atom. The van der Waals surface area contributed by atoms with Crippen LogP contribution in [-0.4, -0.2) is 43.9 Å². The van der Waals surface area contributed by atoms with Gasteiger partial charge >= 0.3 is 0 Å². The van der Waals surface area contributed by atoms with Crippen LogP contribution >= 0.6 is 11.6 Å². The number of pyridine rings is 1. The van der Waals surface area contributed by atoms with E-state index in [4.69, 9.17) is 11.6 Å². The summed E-state index contributed by atoms with van der Waals surface area (Å²) in [4.78, 5) is 18.5. The Hall–Kier alpha value is -2.12. The monoisotopic (exact) mass is 393 g/mol. The third kappa shape index (κ3) is 4.16. The van der Waals surface area contributed by atoms with Gasteiger partial charge in [-0.05, 0) is 43.2 Å². The maximum atomic E-state index is 12.5. The number of aromatic nitrogens is 1. The first-order chi connectivity index (χ1) is 12.2. The molecule has 1 aliphatic rings. The van der Waals surface area contributed by atoms with E-state index in [1.54, 1.807) is 30.5 Å². The van der Waals surface area contributed by atoms with Crippen LogP contribution in [0.3, 0.4) is 0 Å². The summed E-state index contributed by atoms with van der Waals surface area (Å²) in [6, 6.07) is 8.64. The van der Waals surface area contributed by atoms with Crippen LogP contribution in [0.1, 0.15) is 22.5 Å². The number of anilines is 2. The van der Waals surface area contributed by atoms with Gasteiger partial charge in [0.05, 0.1) is 11.5 Å². The number of carbonyl (C=O) groups is 1. The third-order valence-corrected chi connectivity index (χ3v) is 6.73. The van der Waals surface area contributed by atoms with E-state index in [1.165, 1.54) is 0 Å². The van der Waals surface area contributed by atoms with Gasteiger partial charge < -0.3 is 10.2 Å². The number of sulfone groups is 1. The molecule has 0 aliphatic carbocycles. The Kier molecular flexibility index (Phi) is 5.20. The molecule has 138 valence electrons. The fraction of sp³-hybridized carbons (Fsp3) is 0.333. The molecule has 1 aliphatic heterocycles. The van der Waals surface area contributed by atoms with Gasteiger partial charge in [-0.25, -0.2) is 8.42 Å². The van der Waals surface area contributed by atoms with Crippen LogP contribution in [0.5, 0.6) is 0 Å². The van der Waals surface area contributed by atoms with Crippen molar-refractivity contribution in [1.82, 2.24) is 4.98 Å². The molecule has 1 aromatic carbocycles. The van der Waals surface area contributed by atoms with Crippen molar-refractivity contribution in [2.24, 2.45) is 0 Å². The summed E-state index contributed by atoms with van der Waals surface area (Å²) in [7, 11) is -1.14. The Labute approximate surface area is 158 Å². The Bertz CT molecular complexity index is 946. The number of carbonyl (C=O) groups excluding carboxylic acids is 1. The van der Waals surface area contributed by atoms with E-state index in [1.807, 2.05) is 24.9 Å². The van der Waals surface area contributed by atoms with Crippen molar-refractivity contribution >= 4 is 38.7 Å². The summed E-state index contributed by atoms with van der Waals surface area (Å²) in [6.45, 7) is 1.89. The zero-order chi connectivity index (χ0) is 18.9. The second-order valence-corrected chi connectivity index (χ2v) is 9.12. The Balaban J connectivity index is 1.76. The number of hydrogen-bond acceptors (Lipinski definition) is 5. The fourth-order valence-electron chi connectivity index (χ4n) is 2.92. The molecule has 1 N–H and O–H groups in total. The van der Waals surface area contributed by atoms with Crippen molar-refractivity contribution < 1.29 is 13.2 Å². The second kappa shape index (κ2) is 7.25. The number of nitrogens with one attached hydrogen (secondary N) is 1. The van der Waals surface area contributed by atoms with Gasteiger partial charge in [-0.2, -0.15) is 0 Å². The molecule has 0 saturated carbocycles. The molecule has 0 bridgehead atoms. The van der Waals surface area contributed by atoms with Crippen LogP contribution in [-0.2, 0) is 9.84 Å². The van der Waals surface area contributed by atoms with Crippen molar-refractivity contribution in [2.75, 3.05) is 28.8 Å². The second-order valence-electron chi connectivity index (χ2n) is 6.49. The van der Waals surface area contributed by atoms with Crippen LogP contribution in [0, 0.1) is 6.92 Å². The van der Waals surface area contributed by atoms with Crippen LogP contribution in [0.2, 0.25) is 5.02 Å². The molecule has 2 aromatic rings. The van der Waals surface area contributed by atoms with E-state index in [0.717, 1.165) is 11.3 Å². The molecule has 8 heteroatoms. The molecule has 1 fully saturated rings. The SMILES string of the molecule is Cc1ccc(NC(=O)c2cc(N(C)C3CCS(=O)(=O)C3)ccn2)cc1Cl. The molecule has 1 atom stereocenters. The maximum Gasteiger partial charge on any atom is 0.274 e. The van der Waals surface area contributed by atoms with Crippen LogP contribution in [0.15, 0.2) is 36.5 Å². The first kappa shape index (κ1) is 18.7. The van der Waals surface area contributed by atoms with E-state index >= 15 is 0 Å². The molecule has 2 heterocycles. The predicted octanol–water partition coefficient (Wildman–Crippen LogP) is 2.92. The van der Waals surface area contributed by atoms with Crippen molar-refractivity contribution in [3.8, 4) is 0 Å². The average Bonchev–Trinajstić information content (AvgIpc) is 2.97. The van der Waals surface area contributed by atoms with Gasteiger partial charge in [-0.1, -0.05) is 17.7 Å². The van der Waals surface area contributed by atoms with Crippen molar-refractivity contribution in [3.63, 3.8) is 0 Å². The lowest BCUT2D eigenvalue weighted by atomic mass is 10.2. The van der Waals surface area contributed by atoms with Gasteiger partial charge in [0.2, 0.25) is 0 Å². The summed E-state index contributed by atoms with van der Waals surface area (Å²) in [5.41, 5.74) is 2.53. The van der Waals surface area contributed by atoms with E-state index in [-0.39, 0.29) is 29.1 Å². The molecule has 0 radical (unpaired) electrons. The standard InChI is InChI=1S/C18H20ClN3O3S/c1-12-3-4-13(9-16(12)19)21-18(23)17-10-14(5-7-20-17)22(2)15-6-8-26(24,25)11-15/h3-5,7,9-10,15H,6,8,11H2,1-2H3,(H,21,23). The van der Waals surface area contributed by atoms with Crippen LogP contribution in [0.4, 0.5) is 11.4 Å². The van der Waals surface area contributed by atoms with Gasteiger partial charge in [0.15, 0.2) is 9.84 Å². The number of nitrogens with zero attached hydrogens (tertiary/aromatic N) is 2. The third-order valence-electron chi connectivity index (χ3n) is 4.57. The minimum Gasteiger partial charge on any atom is -0.370 e.